The molecular weight excluding hydrogens is 370 g/mol. The highest BCUT2D eigenvalue weighted by atomic mass is 16.5. The molecule has 0 aliphatic heterocycles. The van der Waals surface area contributed by atoms with Crippen LogP contribution in [0.5, 0.6) is 5.75 Å². The number of hydrogen-bond acceptors (Lipinski definition) is 5. The number of hydrogen-bond donors (Lipinski definition) is 1. The molecule has 8 nitrogen and oxygen atoms in total. The lowest BCUT2D eigenvalue weighted by atomic mass is 10.1. The quantitative estimate of drug-likeness (QED) is 0.691. The summed E-state index contributed by atoms with van der Waals surface area (Å²) in [7, 11) is 3.46. The van der Waals surface area contributed by atoms with Crippen LogP contribution in [0.15, 0.2) is 41.2 Å². The van der Waals surface area contributed by atoms with Crippen LogP contribution in [0.2, 0.25) is 0 Å². The third kappa shape index (κ3) is 4.21. The van der Waals surface area contributed by atoms with Gasteiger partial charge in [-0.05, 0) is 44.5 Å². The van der Waals surface area contributed by atoms with E-state index in [4.69, 9.17) is 4.74 Å². The maximum atomic E-state index is 12.6. The third-order valence-electron chi connectivity index (χ3n) is 4.96. The van der Waals surface area contributed by atoms with Gasteiger partial charge in [-0.1, -0.05) is 12.1 Å². The van der Waals surface area contributed by atoms with Gasteiger partial charge in [0.05, 0.1) is 18.5 Å². The lowest BCUT2D eigenvalue weighted by molar-refractivity contribution is -0.124. The van der Waals surface area contributed by atoms with Crippen LogP contribution in [0.3, 0.4) is 0 Å². The minimum Gasteiger partial charge on any atom is -0.497 e. The Kier molecular flexibility index (Phi) is 5.81. The lowest BCUT2D eigenvalue weighted by Gasteiger charge is -2.15. The molecule has 0 radical (unpaired) electrons. The van der Waals surface area contributed by atoms with Crippen molar-refractivity contribution in [3.63, 3.8) is 0 Å². The monoisotopic (exact) mass is 395 g/mol. The summed E-state index contributed by atoms with van der Waals surface area (Å²) in [6, 6.07) is 9.76. The number of carbonyl (C=O) groups is 1. The van der Waals surface area contributed by atoms with Gasteiger partial charge in [0.25, 0.3) is 5.56 Å². The van der Waals surface area contributed by atoms with E-state index in [1.165, 1.54) is 10.7 Å². The van der Waals surface area contributed by atoms with Gasteiger partial charge in [-0.15, -0.1) is 0 Å². The third-order valence-corrected chi connectivity index (χ3v) is 4.96. The van der Waals surface area contributed by atoms with Crippen LogP contribution in [-0.4, -0.2) is 32.6 Å². The summed E-state index contributed by atoms with van der Waals surface area (Å²) in [5.41, 5.74) is 3.84. The highest BCUT2D eigenvalue weighted by Gasteiger charge is 2.20. The molecule has 0 bridgehead atoms. The van der Waals surface area contributed by atoms with Gasteiger partial charge in [0.15, 0.2) is 0 Å². The molecule has 2 heterocycles. The minimum absolute atomic E-state index is 0.285. The zero-order chi connectivity index (χ0) is 21.1. The normalized spacial score (nSPS) is 11.9. The molecule has 8 heteroatoms. The van der Waals surface area contributed by atoms with E-state index in [0.29, 0.717) is 12.2 Å². The van der Waals surface area contributed by atoms with E-state index < -0.39 is 6.04 Å². The summed E-state index contributed by atoms with van der Waals surface area (Å²) in [6.45, 7) is 5.84. The van der Waals surface area contributed by atoms with Crippen LogP contribution >= 0.6 is 0 Å². The van der Waals surface area contributed by atoms with Crippen molar-refractivity contribution in [2.75, 3.05) is 7.11 Å². The van der Waals surface area contributed by atoms with Gasteiger partial charge in [0.2, 0.25) is 5.91 Å². The molecule has 1 aromatic carbocycles. The molecule has 0 spiro atoms. The predicted octanol–water partition coefficient (Wildman–Crippen LogP) is 2.15. The van der Waals surface area contributed by atoms with Crippen LogP contribution in [0.4, 0.5) is 0 Å². The van der Waals surface area contributed by atoms with Crippen LogP contribution in [-0.2, 0) is 18.4 Å². The van der Waals surface area contributed by atoms with Crippen molar-refractivity contribution in [2.24, 2.45) is 7.05 Å². The molecule has 29 heavy (non-hydrogen) atoms. The second-order valence-corrected chi connectivity index (χ2v) is 6.91. The SMILES string of the molecule is COc1ccc(CNC(=O)[C@@H](C)n2nc(-c3c(C)nn(C)c3C)ccc2=O)cc1. The van der Waals surface area contributed by atoms with Crippen molar-refractivity contribution in [1.82, 2.24) is 24.9 Å². The molecule has 0 aliphatic carbocycles. The molecular formula is C21H25N5O3. The molecule has 0 unspecified atom stereocenters. The Morgan fingerprint density at radius 1 is 1.14 bits per heavy atom. The number of amides is 1. The first-order valence-corrected chi connectivity index (χ1v) is 9.33. The van der Waals surface area contributed by atoms with Gasteiger partial charge >= 0.3 is 0 Å². The van der Waals surface area contributed by atoms with Crippen molar-refractivity contribution in [3.8, 4) is 17.0 Å². The summed E-state index contributed by atoms with van der Waals surface area (Å²) in [6.07, 6.45) is 0. The molecule has 3 rings (SSSR count). The molecule has 0 fully saturated rings. The number of ether oxygens (including phenoxy) is 1. The van der Waals surface area contributed by atoms with E-state index in [1.54, 1.807) is 24.8 Å². The Labute approximate surface area is 169 Å². The minimum atomic E-state index is -0.752. The van der Waals surface area contributed by atoms with Gasteiger partial charge in [-0.25, -0.2) is 4.68 Å². The summed E-state index contributed by atoms with van der Waals surface area (Å²) in [5.74, 6) is 0.467. The zero-order valence-electron chi connectivity index (χ0n) is 17.3. The first kappa shape index (κ1) is 20.3. The van der Waals surface area contributed by atoms with Crippen LogP contribution < -0.4 is 15.6 Å². The fraction of sp³-hybridized carbons (Fsp3) is 0.333. The van der Waals surface area contributed by atoms with Gasteiger partial charge in [-0.3, -0.25) is 14.3 Å². The van der Waals surface area contributed by atoms with E-state index >= 15 is 0 Å². The highest BCUT2D eigenvalue weighted by molar-refractivity contribution is 5.79. The van der Waals surface area contributed by atoms with Crippen molar-refractivity contribution >= 4 is 5.91 Å². The number of aromatic nitrogens is 4. The van der Waals surface area contributed by atoms with Crippen LogP contribution in [0.25, 0.3) is 11.3 Å². The Balaban J connectivity index is 1.79. The summed E-state index contributed by atoms with van der Waals surface area (Å²) in [4.78, 5) is 25.0. The largest absolute Gasteiger partial charge is 0.497 e. The van der Waals surface area contributed by atoms with Gasteiger partial charge in [0.1, 0.15) is 11.8 Å². The average molecular weight is 395 g/mol. The van der Waals surface area contributed by atoms with Gasteiger partial charge < -0.3 is 10.1 Å². The number of aryl methyl sites for hydroxylation is 2. The molecule has 3 aromatic rings. The molecule has 0 saturated heterocycles. The van der Waals surface area contributed by atoms with Gasteiger partial charge in [0, 0.05) is 30.9 Å². The van der Waals surface area contributed by atoms with E-state index in [0.717, 1.165) is 28.3 Å². The van der Waals surface area contributed by atoms with Crippen LogP contribution in [0, 0.1) is 13.8 Å². The van der Waals surface area contributed by atoms with Gasteiger partial charge in [-0.2, -0.15) is 10.2 Å². The van der Waals surface area contributed by atoms with Crippen molar-refractivity contribution < 1.29 is 9.53 Å². The second kappa shape index (κ2) is 8.30. The Bertz CT molecular complexity index is 1080. The fourth-order valence-electron chi connectivity index (χ4n) is 3.17. The highest BCUT2D eigenvalue weighted by Crippen LogP contribution is 2.24. The molecule has 2 aromatic heterocycles. The Morgan fingerprint density at radius 3 is 2.41 bits per heavy atom. The first-order valence-electron chi connectivity index (χ1n) is 9.33. The summed E-state index contributed by atoms with van der Waals surface area (Å²) in [5, 5.41) is 11.7. The van der Waals surface area contributed by atoms with E-state index in [1.807, 2.05) is 45.2 Å². The first-order chi connectivity index (χ1) is 13.8. The fourth-order valence-corrected chi connectivity index (χ4v) is 3.17. The van der Waals surface area contributed by atoms with Crippen molar-refractivity contribution in [3.05, 3.63) is 63.7 Å². The standard InChI is InChI=1S/C21H25N5O3/c1-13-20(14(2)25(4)23-13)18-10-11-19(27)26(24-18)15(3)21(28)22-12-16-6-8-17(29-5)9-7-16/h6-11,15H,12H2,1-5H3,(H,22,28)/t15-/m1/s1. The molecule has 152 valence electrons. The smallest absolute Gasteiger partial charge is 0.267 e. The Hall–Kier alpha value is -3.42. The molecule has 0 aliphatic rings. The summed E-state index contributed by atoms with van der Waals surface area (Å²) < 4.78 is 8.11. The zero-order valence-corrected chi connectivity index (χ0v) is 17.3. The lowest BCUT2D eigenvalue weighted by Crippen LogP contribution is -2.36. The number of methoxy groups -OCH3 is 1. The maximum absolute atomic E-state index is 12.6. The molecule has 1 N–H and O–H groups in total. The molecule has 1 atom stereocenters. The number of rotatable bonds is 6. The number of nitrogens with one attached hydrogen (secondary N) is 1. The van der Waals surface area contributed by atoms with E-state index in [2.05, 4.69) is 15.5 Å². The van der Waals surface area contributed by atoms with Crippen molar-refractivity contribution in [1.29, 1.82) is 0 Å². The summed E-state index contributed by atoms with van der Waals surface area (Å²) >= 11 is 0. The number of benzene rings is 1. The van der Waals surface area contributed by atoms with E-state index in [9.17, 15) is 9.59 Å². The molecule has 0 saturated carbocycles. The maximum Gasteiger partial charge on any atom is 0.267 e. The molecule has 1 amide bonds. The van der Waals surface area contributed by atoms with Crippen molar-refractivity contribution in [2.45, 2.75) is 33.4 Å². The predicted molar refractivity (Wildman–Crippen MR) is 110 cm³/mol. The van der Waals surface area contributed by atoms with Crippen LogP contribution in [0.1, 0.15) is 29.9 Å². The second-order valence-electron chi connectivity index (χ2n) is 6.91. The van der Waals surface area contributed by atoms with E-state index in [-0.39, 0.29) is 11.5 Å². The topological polar surface area (TPSA) is 91.0 Å². The number of nitrogens with zero attached hydrogens (tertiary/aromatic N) is 4. The Morgan fingerprint density at radius 2 is 1.83 bits per heavy atom. The number of carbonyl (C=O) groups excluding carboxylic acids is 1. The average Bonchev–Trinajstić information content (AvgIpc) is 2.98.